The fraction of sp³-hybridized carbons (Fsp3) is 0.118. The van der Waals surface area contributed by atoms with Gasteiger partial charge in [-0.3, -0.25) is 0 Å². The predicted molar refractivity (Wildman–Crippen MR) is 80.1 cm³/mol. The van der Waals surface area contributed by atoms with Crippen LogP contribution >= 0.6 is 0 Å². The number of ether oxygens (including phenoxy) is 2. The molecule has 2 aromatic carbocycles. The van der Waals surface area contributed by atoms with Gasteiger partial charge in [0.05, 0.1) is 23.1 Å². The normalized spacial score (nSPS) is 13.3. The van der Waals surface area contributed by atoms with Crippen LogP contribution in [-0.4, -0.2) is 16.6 Å². The maximum atomic E-state index is 13.3. The summed E-state index contributed by atoms with van der Waals surface area (Å²) >= 11 is 0. The van der Waals surface area contributed by atoms with Gasteiger partial charge in [0, 0.05) is 5.56 Å². The molecule has 24 heavy (non-hydrogen) atoms. The summed E-state index contributed by atoms with van der Waals surface area (Å²) in [5.74, 6) is 1.17. The molecule has 1 aliphatic rings. The van der Waals surface area contributed by atoms with Crippen LogP contribution in [0.1, 0.15) is 5.56 Å². The van der Waals surface area contributed by atoms with Gasteiger partial charge >= 0.3 is 6.18 Å². The minimum absolute atomic E-state index is 0.0253. The molecule has 4 rings (SSSR count). The van der Waals surface area contributed by atoms with E-state index in [0.29, 0.717) is 22.8 Å². The Morgan fingerprint density at radius 1 is 0.958 bits per heavy atom. The molecule has 3 aromatic rings. The second-order valence-corrected chi connectivity index (χ2v) is 5.21. The van der Waals surface area contributed by atoms with Crippen LogP contribution < -0.4 is 9.47 Å². The van der Waals surface area contributed by atoms with E-state index in [1.54, 1.807) is 30.3 Å². The number of rotatable bonds is 2. The number of para-hydroxylation sites is 1. The van der Waals surface area contributed by atoms with Crippen molar-refractivity contribution in [2.24, 2.45) is 0 Å². The lowest BCUT2D eigenvalue weighted by Gasteiger charge is -2.15. The Bertz CT molecular complexity index is 903. The van der Waals surface area contributed by atoms with Crippen molar-refractivity contribution in [2.45, 2.75) is 6.18 Å². The largest absolute Gasteiger partial charge is 0.454 e. The van der Waals surface area contributed by atoms with Crippen molar-refractivity contribution in [3.8, 4) is 28.4 Å². The van der Waals surface area contributed by atoms with Crippen LogP contribution in [0, 0.1) is 0 Å². The number of benzene rings is 2. The third-order valence-electron chi connectivity index (χ3n) is 3.75. The van der Waals surface area contributed by atoms with E-state index in [1.165, 1.54) is 23.0 Å². The molecular formula is C17H11F3N2O2. The molecule has 0 fully saturated rings. The summed E-state index contributed by atoms with van der Waals surface area (Å²) in [6.07, 6.45) is -3.00. The highest BCUT2D eigenvalue weighted by atomic mass is 19.4. The van der Waals surface area contributed by atoms with Gasteiger partial charge in [-0.15, -0.1) is 0 Å². The van der Waals surface area contributed by atoms with Crippen molar-refractivity contribution in [1.82, 2.24) is 9.78 Å². The molecule has 0 aliphatic carbocycles. The fourth-order valence-corrected chi connectivity index (χ4v) is 2.67. The molecule has 1 aliphatic heterocycles. The quantitative estimate of drug-likeness (QED) is 0.702. The van der Waals surface area contributed by atoms with Crippen molar-refractivity contribution in [3.05, 3.63) is 60.3 Å². The minimum Gasteiger partial charge on any atom is -0.454 e. The second kappa shape index (κ2) is 5.30. The Kier molecular flexibility index (Phi) is 3.23. The van der Waals surface area contributed by atoms with Crippen molar-refractivity contribution >= 4 is 0 Å². The van der Waals surface area contributed by atoms with Crippen molar-refractivity contribution < 1.29 is 22.6 Å². The van der Waals surface area contributed by atoms with E-state index >= 15 is 0 Å². The van der Waals surface area contributed by atoms with Gasteiger partial charge in [-0.1, -0.05) is 12.1 Å². The summed E-state index contributed by atoms with van der Waals surface area (Å²) in [6.45, 7) is 0.134. The molecule has 0 atom stereocenters. The maximum absolute atomic E-state index is 13.3. The number of aromatic nitrogens is 2. The van der Waals surface area contributed by atoms with Gasteiger partial charge in [0.2, 0.25) is 6.79 Å². The Balaban J connectivity index is 1.85. The molecular weight excluding hydrogens is 321 g/mol. The lowest BCUT2D eigenvalue weighted by Crippen LogP contribution is -2.12. The van der Waals surface area contributed by atoms with Crippen LogP contribution in [0.3, 0.4) is 0 Å². The second-order valence-electron chi connectivity index (χ2n) is 5.21. The molecule has 0 saturated carbocycles. The van der Waals surface area contributed by atoms with Crippen LogP contribution in [0.25, 0.3) is 16.9 Å². The summed E-state index contributed by atoms with van der Waals surface area (Å²) in [6, 6.07) is 12.2. The van der Waals surface area contributed by atoms with E-state index in [4.69, 9.17) is 9.47 Å². The van der Waals surface area contributed by atoms with Gasteiger partial charge in [-0.25, -0.2) is 4.68 Å². The van der Waals surface area contributed by atoms with E-state index in [9.17, 15) is 13.2 Å². The van der Waals surface area contributed by atoms with E-state index < -0.39 is 11.7 Å². The SMILES string of the molecule is FC(F)(F)c1ccccc1-n1nccc1-c1ccc2c(c1)OCO2. The summed E-state index contributed by atoms with van der Waals surface area (Å²) in [4.78, 5) is 0. The third kappa shape index (κ3) is 2.38. The van der Waals surface area contributed by atoms with Crippen LogP contribution in [0.2, 0.25) is 0 Å². The van der Waals surface area contributed by atoms with Crippen molar-refractivity contribution in [2.75, 3.05) is 6.79 Å². The van der Waals surface area contributed by atoms with Gasteiger partial charge in [-0.05, 0) is 36.4 Å². The van der Waals surface area contributed by atoms with E-state index in [0.717, 1.165) is 6.07 Å². The Hall–Kier alpha value is -2.96. The van der Waals surface area contributed by atoms with Crippen molar-refractivity contribution in [1.29, 1.82) is 0 Å². The maximum Gasteiger partial charge on any atom is 0.418 e. The Morgan fingerprint density at radius 3 is 2.58 bits per heavy atom. The zero-order chi connectivity index (χ0) is 16.7. The highest BCUT2D eigenvalue weighted by Crippen LogP contribution is 2.38. The number of alkyl halides is 3. The molecule has 4 nitrogen and oxygen atoms in total. The van der Waals surface area contributed by atoms with Gasteiger partial charge < -0.3 is 9.47 Å². The Labute approximate surface area is 135 Å². The predicted octanol–water partition coefficient (Wildman–Crippen LogP) is 4.29. The number of hydrogen-bond acceptors (Lipinski definition) is 3. The molecule has 2 heterocycles. The van der Waals surface area contributed by atoms with Crippen LogP contribution in [-0.2, 0) is 6.18 Å². The number of halogens is 3. The average Bonchev–Trinajstić information content (AvgIpc) is 3.22. The fourth-order valence-electron chi connectivity index (χ4n) is 2.67. The van der Waals surface area contributed by atoms with E-state index in [-0.39, 0.29) is 12.5 Å². The zero-order valence-electron chi connectivity index (χ0n) is 12.2. The molecule has 0 spiro atoms. The number of nitrogens with zero attached hydrogens (tertiary/aromatic N) is 2. The highest BCUT2D eigenvalue weighted by molar-refractivity contribution is 5.67. The Morgan fingerprint density at radius 2 is 1.75 bits per heavy atom. The minimum atomic E-state index is -4.46. The zero-order valence-corrected chi connectivity index (χ0v) is 12.2. The van der Waals surface area contributed by atoms with Crippen LogP contribution in [0.15, 0.2) is 54.7 Å². The van der Waals surface area contributed by atoms with Gasteiger partial charge in [0.15, 0.2) is 11.5 Å². The number of fused-ring (bicyclic) bond motifs is 1. The first-order chi connectivity index (χ1) is 11.5. The van der Waals surface area contributed by atoms with Gasteiger partial charge in [-0.2, -0.15) is 18.3 Å². The molecule has 0 unspecified atom stereocenters. The third-order valence-corrected chi connectivity index (χ3v) is 3.75. The number of hydrogen-bond donors (Lipinski definition) is 0. The highest BCUT2D eigenvalue weighted by Gasteiger charge is 2.34. The topological polar surface area (TPSA) is 36.3 Å². The first kappa shape index (κ1) is 14.6. The lowest BCUT2D eigenvalue weighted by atomic mass is 10.1. The average molecular weight is 332 g/mol. The van der Waals surface area contributed by atoms with Gasteiger partial charge in [0.25, 0.3) is 0 Å². The summed E-state index contributed by atoms with van der Waals surface area (Å²) in [5, 5.41) is 4.08. The molecule has 1 aromatic heterocycles. The van der Waals surface area contributed by atoms with Gasteiger partial charge in [0.1, 0.15) is 0 Å². The molecule has 122 valence electrons. The molecule has 0 radical (unpaired) electrons. The summed E-state index contributed by atoms with van der Waals surface area (Å²) in [7, 11) is 0. The standard InChI is InChI=1S/C17H11F3N2O2/c18-17(19,20)12-3-1-2-4-14(12)22-13(7-8-21-22)11-5-6-15-16(9-11)24-10-23-15/h1-9H,10H2. The van der Waals surface area contributed by atoms with E-state index in [1.807, 2.05) is 0 Å². The molecule has 0 bridgehead atoms. The first-order valence-corrected chi connectivity index (χ1v) is 7.15. The lowest BCUT2D eigenvalue weighted by molar-refractivity contribution is -0.137. The molecule has 0 amide bonds. The van der Waals surface area contributed by atoms with Crippen LogP contribution in [0.5, 0.6) is 11.5 Å². The molecule has 7 heteroatoms. The molecule has 0 N–H and O–H groups in total. The van der Waals surface area contributed by atoms with E-state index in [2.05, 4.69) is 5.10 Å². The van der Waals surface area contributed by atoms with Crippen molar-refractivity contribution in [3.63, 3.8) is 0 Å². The molecule has 0 saturated heterocycles. The summed E-state index contributed by atoms with van der Waals surface area (Å²) < 4.78 is 51.7. The smallest absolute Gasteiger partial charge is 0.418 e. The van der Waals surface area contributed by atoms with Crippen LogP contribution in [0.4, 0.5) is 13.2 Å². The monoisotopic (exact) mass is 332 g/mol. The first-order valence-electron chi connectivity index (χ1n) is 7.15. The summed E-state index contributed by atoms with van der Waals surface area (Å²) in [5.41, 5.74) is 0.456.